The monoisotopic (exact) mass is 409 g/mol. The van der Waals surface area contributed by atoms with Crippen LogP contribution in [-0.4, -0.2) is 58.1 Å². The Hall–Kier alpha value is -2.74. The summed E-state index contributed by atoms with van der Waals surface area (Å²) in [6.45, 7) is 1.54. The summed E-state index contributed by atoms with van der Waals surface area (Å²) < 4.78 is 10.9. The molecule has 2 aromatic carbocycles. The lowest BCUT2D eigenvalue weighted by atomic mass is 9.88. The van der Waals surface area contributed by atoms with E-state index < -0.39 is 11.8 Å². The topological polar surface area (TPSA) is 87.9 Å². The molecule has 1 aliphatic rings. The van der Waals surface area contributed by atoms with E-state index in [-0.39, 0.29) is 0 Å². The zero-order valence-corrected chi connectivity index (χ0v) is 17.1. The maximum Gasteiger partial charge on any atom is 0.122 e. The molecule has 1 saturated heterocycles. The van der Waals surface area contributed by atoms with Crippen molar-refractivity contribution in [3.8, 4) is 11.5 Å². The normalized spacial score (nSPS) is 17.6. The maximum atomic E-state index is 11.1. The minimum Gasteiger partial charge on any atom is -0.497 e. The van der Waals surface area contributed by atoms with Gasteiger partial charge in [0.05, 0.1) is 36.6 Å². The standard InChI is InChI=1S/C23H27N3O4/c1-29-17-5-4-6-18(15-17)30-14-9-22(27)26-12-10-23(28,11-13-26)21-16-24-19-7-2-3-8-20(19)25-21/h2-8,15-16,22,27-28H,9-14H2,1H3/t22-/m1/s1. The number of methoxy groups -OCH3 is 1. The highest BCUT2D eigenvalue weighted by Crippen LogP contribution is 2.32. The molecule has 0 aliphatic carbocycles. The van der Waals surface area contributed by atoms with Crippen molar-refractivity contribution in [2.24, 2.45) is 0 Å². The van der Waals surface area contributed by atoms with Crippen LogP contribution < -0.4 is 9.47 Å². The number of nitrogens with zero attached hydrogens (tertiary/aromatic N) is 3. The second-order valence-electron chi connectivity index (χ2n) is 7.61. The maximum absolute atomic E-state index is 11.1. The second kappa shape index (κ2) is 8.95. The van der Waals surface area contributed by atoms with Gasteiger partial charge in [-0.05, 0) is 37.1 Å². The highest BCUT2D eigenvalue weighted by molar-refractivity contribution is 5.73. The molecule has 7 heteroatoms. The van der Waals surface area contributed by atoms with Gasteiger partial charge >= 0.3 is 0 Å². The molecular formula is C23H27N3O4. The fourth-order valence-electron chi connectivity index (χ4n) is 3.79. The average molecular weight is 409 g/mol. The first-order chi connectivity index (χ1) is 14.6. The SMILES string of the molecule is COc1cccc(OCC[C@@H](O)N2CCC(O)(c3cnc4ccccc4n3)CC2)c1. The number of ether oxygens (including phenoxy) is 2. The molecule has 3 aromatic rings. The lowest BCUT2D eigenvalue weighted by Gasteiger charge is -2.39. The average Bonchev–Trinajstić information content (AvgIpc) is 2.79. The van der Waals surface area contributed by atoms with Crippen LogP contribution in [0.4, 0.5) is 0 Å². The van der Waals surface area contributed by atoms with Gasteiger partial charge in [-0.2, -0.15) is 0 Å². The predicted octanol–water partition coefficient (Wildman–Crippen LogP) is 2.71. The number of benzene rings is 2. The molecule has 1 aliphatic heterocycles. The fourth-order valence-corrected chi connectivity index (χ4v) is 3.79. The molecule has 158 valence electrons. The van der Waals surface area contributed by atoms with Crippen molar-refractivity contribution in [3.05, 3.63) is 60.4 Å². The molecule has 1 atom stereocenters. The zero-order valence-electron chi connectivity index (χ0n) is 17.1. The summed E-state index contributed by atoms with van der Waals surface area (Å²) in [4.78, 5) is 11.0. The van der Waals surface area contributed by atoms with E-state index in [1.807, 2.05) is 53.4 Å². The van der Waals surface area contributed by atoms with Crippen LogP contribution in [-0.2, 0) is 5.60 Å². The van der Waals surface area contributed by atoms with Crippen LogP contribution in [0.1, 0.15) is 25.0 Å². The number of aromatic nitrogens is 2. The highest BCUT2D eigenvalue weighted by atomic mass is 16.5. The number of hydrogen-bond acceptors (Lipinski definition) is 7. The van der Waals surface area contributed by atoms with Crippen molar-refractivity contribution in [1.82, 2.24) is 14.9 Å². The van der Waals surface area contributed by atoms with Crippen molar-refractivity contribution >= 4 is 11.0 Å². The molecule has 1 fully saturated rings. The summed E-state index contributed by atoms with van der Waals surface area (Å²) >= 11 is 0. The Kier molecular flexibility index (Phi) is 6.13. The highest BCUT2D eigenvalue weighted by Gasteiger charge is 2.37. The minimum atomic E-state index is -1.02. The van der Waals surface area contributed by atoms with Crippen LogP contribution in [0.25, 0.3) is 11.0 Å². The molecule has 30 heavy (non-hydrogen) atoms. The Balaban J connectivity index is 1.30. The van der Waals surface area contributed by atoms with Crippen molar-refractivity contribution < 1.29 is 19.7 Å². The Morgan fingerprint density at radius 1 is 1.07 bits per heavy atom. The number of aliphatic hydroxyl groups excluding tert-OH is 1. The summed E-state index contributed by atoms with van der Waals surface area (Å²) in [6.07, 6.45) is 2.51. The molecule has 2 N–H and O–H groups in total. The van der Waals surface area contributed by atoms with Crippen molar-refractivity contribution in [2.75, 3.05) is 26.8 Å². The van der Waals surface area contributed by atoms with E-state index in [2.05, 4.69) is 9.97 Å². The van der Waals surface area contributed by atoms with Crippen LogP contribution in [0.15, 0.2) is 54.7 Å². The van der Waals surface area contributed by atoms with Gasteiger partial charge in [-0.1, -0.05) is 18.2 Å². The Morgan fingerprint density at radius 2 is 1.80 bits per heavy atom. The number of piperidine rings is 1. The van der Waals surface area contributed by atoms with Gasteiger partial charge in [-0.3, -0.25) is 9.88 Å². The van der Waals surface area contributed by atoms with Crippen molar-refractivity contribution in [1.29, 1.82) is 0 Å². The predicted molar refractivity (Wildman–Crippen MR) is 113 cm³/mol. The summed E-state index contributed by atoms with van der Waals surface area (Å²) in [5, 5.41) is 21.7. The molecule has 0 spiro atoms. The molecule has 1 aromatic heterocycles. The van der Waals surface area contributed by atoms with Gasteiger partial charge in [-0.25, -0.2) is 4.98 Å². The lowest BCUT2D eigenvalue weighted by molar-refractivity contribution is -0.0836. The summed E-state index contributed by atoms with van der Waals surface area (Å²) in [7, 11) is 1.61. The van der Waals surface area contributed by atoms with Crippen LogP contribution in [0.2, 0.25) is 0 Å². The largest absolute Gasteiger partial charge is 0.497 e. The molecule has 4 rings (SSSR count). The Bertz CT molecular complexity index is 989. The van der Waals surface area contributed by atoms with E-state index in [0.717, 1.165) is 16.8 Å². The van der Waals surface area contributed by atoms with Gasteiger partial charge in [0.1, 0.15) is 23.3 Å². The minimum absolute atomic E-state index is 0.394. The first-order valence-corrected chi connectivity index (χ1v) is 10.2. The van der Waals surface area contributed by atoms with Gasteiger partial charge in [0.25, 0.3) is 0 Å². The van der Waals surface area contributed by atoms with E-state index >= 15 is 0 Å². The molecule has 0 bridgehead atoms. The second-order valence-corrected chi connectivity index (χ2v) is 7.61. The van der Waals surface area contributed by atoms with Gasteiger partial charge in [0.15, 0.2) is 0 Å². The Labute approximate surface area is 175 Å². The molecule has 2 heterocycles. The third kappa shape index (κ3) is 4.53. The Morgan fingerprint density at radius 3 is 2.57 bits per heavy atom. The van der Waals surface area contributed by atoms with Crippen LogP contribution in [0.5, 0.6) is 11.5 Å². The summed E-state index contributed by atoms with van der Waals surface area (Å²) in [6, 6.07) is 15.0. The molecule has 0 radical (unpaired) electrons. The lowest BCUT2D eigenvalue weighted by Crippen LogP contribution is -2.47. The summed E-state index contributed by atoms with van der Waals surface area (Å²) in [5.74, 6) is 1.45. The zero-order chi connectivity index (χ0) is 21.0. The van der Waals surface area contributed by atoms with Gasteiger partial charge in [-0.15, -0.1) is 0 Å². The van der Waals surface area contributed by atoms with E-state index in [9.17, 15) is 10.2 Å². The molecule has 7 nitrogen and oxygen atoms in total. The quantitative estimate of drug-likeness (QED) is 0.620. The molecule has 0 unspecified atom stereocenters. The van der Waals surface area contributed by atoms with Crippen molar-refractivity contribution in [2.45, 2.75) is 31.1 Å². The summed E-state index contributed by atoms with van der Waals surface area (Å²) in [5.41, 5.74) is 1.16. The number of rotatable bonds is 7. The van der Waals surface area contributed by atoms with Crippen LogP contribution >= 0.6 is 0 Å². The number of para-hydroxylation sites is 2. The van der Waals surface area contributed by atoms with Crippen LogP contribution in [0, 0.1) is 0 Å². The van der Waals surface area contributed by atoms with Gasteiger partial charge in [0, 0.05) is 25.6 Å². The van der Waals surface area contributed by atoms with Gasteiger partial charge in [0.2, 0.25) is 0 Å². The number of fused-ring (bicyclic) bond motifs is 1. The van der Waals surface area contributed by atoms with E-state index in [1.54, 1.807) is 13.3 Å². The number of aliphatic hydroxyl groups is 2. The third-order valence-corrected chi connectivity index (χ3v) is 5.66. The van der Waals surface area contributed by atoms with Crippen LogP contribution in [0.3, 0.4) is 0 Å². The van der Waals surface area contributed by atoms with Crippen molar-refractivity contribution in [3.63, 3.8) is 0 Å². The van der Waals surface area contributed by atoms with E-state index in [4.69, 9.17) is 9.47 Å². The molecule has 0 amide bonds. The first-order valence-electron chi connectivity index (χ1n) is 10.2. The third-order valence-electron chi connectivity index (χ3n) is 5.66. The number of hydrogen-bond donors (Lipinski definition) is 2. The number of likely N-dealkylation sites (tertiary alicyclic amines) is 1. The first kappa shape index (κ1) is 20.5. The smallest absolute Gasteiger partial charge is 0.122 e. The van der Waals surface area contributed by atoms with E-state index in [0.29, 0.717) is 50.4 Å². The van der Waals surface area contributed by atoms with Gasteiger partial charge < -0.3 is 19.7 Å². The fraction of sp³-hybridized carbons (Fsp3) is 0.391. The molecular weight excluding hydrogens is 382 g/mol. The molecule has 0 saturated carbocycles. The van der Waals surface area contributed by atoms with E-state index in [1.165, 1.54) is 0 Å².